The van der Waals surface area contributed by atoms with Gasteiger partial charge in [0.05, 0.1) is 23.5 Å². The minimum Gasteiger partial charge on any atom is -0.338 e. The van der Waals surface area contributed by atoms with Crippen molar-refractivity contribution < 1.29 is 4.79 Å². The minimum atomic E-state index is -0.0103. The van der Waals surface area contributed by atoms with Crippen LogP contribution in [0.1, 0.15) is 25.6 Å². The Labute approximate surface area is 187 Å². The monoisotopic (exact) mass is 428 g/mol. The zero-order valence-electron chi connectivity index (χ0n) is 18.3. The standard InChI is InChI=1S/C25H28N6O/c1-2-31-15-13-26-23(31)17-30-14-5-6-19(16-30)25(32)27-20-11-9-18(10-12-20)24-28-21-7-3-4-8-22(21)29-24/h3-4,7-13,15,19H,2,5-6,14,16-17H2,1H3,(H,27,32)(H,28,29)/t19-/m0/s1. The molecule has 3 heterocycles. The molecule has 2 aromatic carbocycles. The number of nitrogens with zero attached hydrogens (tertiary/aromatic N) is 4. The molecule has 164 valence electrons. The number of H-pyrrole nitrogens is 1. The van der Waals surface area contributed by atoms with Crippen LogP contribution < -0.4 is 5.32 Å². The van der Waals surface area contributed by atoms with Crippen LogP contribution in [0.5, 0.6) is 0 Å². The van der Waals surface area contributed by atoms with Crippen LogP contribution >= 0.6 is 0 Å². The highest BCUT2D eigenvalue weighted by Crippen LogP contribution is 2.24. The zero-order valence-corrected chi connectivity index (χ0v) is 18.3. The number of aromatic nitrogens is 4. The molecule has 0 spiro atoms. The molecule has 1 saturated heterocycles. The Morgan fingerprint density at radius 1 is 1.19 bits per heavy atom. The Kier molecular flexibility index (Phi) is 5.73. The first-order valence-corrected chi connectivity index (χ1v) is 11.3. The lowest BCUT2D eigenvalue weighted by Gasteiger charge is -2.31. The van der Waals surface area contributed by atoms with Crippen LogP contribution in [0.4, 0.5) is 5.69 Å². The van der Waals surface area contributed by atoms with Crippen molar-refractivity contribution >= 4 is 22.6 Å². The molecular formula is C25H28N6O. The third-order valence-electron chi connectivity index (χ3n) is 6.20. The summed E-state index contributed by atoms with van der Waals surface area (Å²) in [5.41, 5.74) is 3.77. The minimum absolute atomic E-state index is 0.0103. The summed E-state index contributed by atoms with van der Waals surface area (Å²) >= 11 is 0. The highest BCUT2D eigenvalue weighted by Gasteiger charge is 2.26. The van der Waals surface area contributed by atoms with Gasteiger partial charge in [-0.05, 0) is 62.7 Å². The van der Waals surface area contributed by atoms with Crippen LogP contribution in [0.25, 0.3) is 22.4 Å². The summed E-state index contributed by atoms with van der Waals surface area (Å²) in [6, 6.07) is 15.9. The molecular weight excluding hydrogens is 400 g/mol. The quantitative estimate of drug-likeness (QED) is 0.480. The average Bonchev–Trinajstić information content (AvgIpc) is 3.46. The summed E-state index contributed by atoms with van der Waals surface area (Å²) in [5.74, 6) is 1.97. The van der Waals surface area contributed by atoms with E-state index in [1.165, 1.54) is 0 Å². The number of benzene rings is 2. The number of anilines is 1. The summed E-state index contributed by atoms with van der Waals surface area (Å²) in [6.45, 7) is 5.59. The van der Waals surface area contributed by atoms with E-state index in [1.807, 2.05) is 60.9 Å². The molecule has 7 nitrogen and oxygen atoms in total. The van der Waals surface area contributed by atoms with Gasteiger partial charge in [-0.25, -0.2) is 9.97 Å². The number of carbonyl (C=O) groups is 1. The van der Waals surface area contributed by atoms with Crippen molar-refractivity contribution in [2.75, 3.05) is 18.4 Å². The fourth-order valence-corrected chi connectivity index (χ4v) is 4.44. The smallest absolute Gasteiger partial charge is 0.228 e. The molecule has 0 aliphatic carbocycles. The van der Waals surface area contributed by atoms with Crippen LogP contribution in [0.3, 0.4) is 0 Å². The Hall–Kier alpha value is -3.45. The van der Waals surface area contributed by atoms with Gasteiger partial charge < -0.3 is 14.9 Å². The number of hydrogen-bond donors (Lipinski definition) is 2. The molecule has 0 radical (unpaired) electrons. The van der Waals surface area contributed by atoms with E-state index in [0.717, 1.165) is 73.0 Å². The first kappa shape index (κ1) is 20.5. The molecule has 1 atom stereocenters. The molecule has 2 N–H and O–H groups in total. The van der Waals surface area contributed by atoms with E-state index in [-0.39, 0.29) is 11.8 Å². The van der Waals surface area contributed by atoms with Gasteiger partial charge in [-0.1, -0.05) is 12.1 Å². The normalized spacial score (nSPS) is 17.0. The highest BCUT2D eigenvalue weighted by atomic mass is 16.1. The molecule has 0 bridgehead atoms. The number of aromatic amines is 1. The molecule has 2 aromatic heterocycles. The van der Waals surface area contributed by atoms with Gasteiger partial charge in [-0.15, -0.1) is 0 Å². The van der Waals surface area contributed by atoms with Crippen LogP contribution in [-0.2, 0) is 17.9 Å². The van der Waals surface area contributed by atoms with Crippen molar-refractivity contribution in [3.05, 3.63) is 66.7 Å². The Morgan fingerprint density at radius 3 is 2.84 bits per heavy atom. The van der Waals surface area contributed by atoms with Gasteiger partial charge in [0.25, 0.3) is 0 Å². The molecule has 1 fully saturated rings. The largest absolute Gasteiger partial charge is 0.338 e. The number of piperidine rings is 1. The van der Waals surface area contributed by atoms with E-state index in [9.17, 15) is 4.79 Å². The maximum Gasteiger partial charge on any atom is 0.228 e. The van der Waals surface area contributed by atoms with E-state index in [4.69, 9.17) is 0 Å². The van der Waals surface area contributed by atoms with Crippen molar-refractivity contribution in [3.63, 3.8) is 0 Å². The molecule has 1 amide bonds. The second-order valence-corrected chi connectivity index (χ2v) is 8.37. The predicted octanol–water partition coefficient (Wildman–Crippen LogP) is 4.30. The van der Waals surface area contributed by atoms with Gasteiger partial charge in [0, 0.05) is 36.7 Å². The van der Waals surface area contributed by atoms with E-state index >= 15 is 0 Å². The SMILES string of the molecule is CCn1ccnc1CN1CCC[C@H](C(=O)Nc2ccc(-c3nc4ccccc4[nH]3)cc2)C1. The Morgan fingerprint density at radius 2 is 2.03 bits per heavy atom. The van der Waals surface area contributed by atoms with Crippen LogP contribution in [-0.4, -0.2) is 43.4 Å². The van der Waals surface area contributed by atoms with Crippen molar-refractivity contribution in [1.82, 2.24) is 24.4 Å². The molecule has 0 unspecified atom stereocenters. The lowest BCUT2D eigenvalue weighted by molar-refractivity contribution is -0.121. The number of para-hydroxylation sites is 2. The number of amides is 1. The zero-order chi connectivity index (χ0) is 21.9. The van der Waals surface area contributed by atoms with Crippen LogP contribution in [0.2, 0.25) is 0 Å². The number of carbonyl (C=O) groups excluding carboxylic acids is 1. The molecule has 1 aliphatic rings. The highest BCUT2D eigenvalue weighted by molar-refractivity contribution is 5.93. The first-order valence-electron chi connectivity index (χ1n) is 11.3. The first-order chi connectivity index (χ1) is 15.7. The molecule has 0 saturated carbocycles. The van der Waals surface area contributed by atoms with Crippen LogP contribution in [0.15, 0.2) is 60.9 Å². The summed E-state index contributed by atoms with van der Waals surface area (Å²) in [7, 11) is 0. The van der Waals surface area contributed by atoms with Crippen molar-refractivity contribution in [2.24, 2.45) is 5.92 Å². The van der Waals surface area contributed by atoms with Crippen LogP contribution in [0, 0.1) is 5.92 Å². The lowest BCUT2D eigenvalue weighted by atomic mass is 9.97. The molecule has 7 heteroatoms. The van der Waals surface area contributed by atoms with E-state index in [2.05, 4.69) is 36.7 Å². The third kappa shape index (κ3) is 4.29. The number of nitrogens with one attached hydrogen (secondary N) is 2. The third-order valence-corrected chi connectivity index (χ3v) is 6.20. The second kappa shape index (κ2) is 8.96. The maximum atomic E-state index is 12.9. The van der Waals surface area contributed by atoms with E-state index in [1.54, 1.807) is 0 Å². The number of fused-ring (bicyclic) bond motifs is 1. The van der Waals surface area contributed by atoms with Gasteiger partial charge in [0.2, 0.25) is 5.91 Å². The number of aryl methyl sites for hydroxylation is 1. The lowest BCUT2D eigenvalue weighted by Crippen LogP contribution is -2.40. The van der Waals surface area contributed by atoms with Gasteiger partial charge in [-0.3, -0.25) is 9.69 Å². The number of hydrogen-bond acceptors (Lipinski definition) is 4. The fraction of sp³-hybridized carbons (Fsp3) is 0.320. The topological polar surface area (TPSA) is 78.8 Å². The molecule has 4 aromatic rings. The van der Waals surface area contributed by atoms with Crippen molar-refractivity contribution in [3.8, 4) is 11.4 Å². The maximum absolute atomic E-state index is 12.9. The Bertz CT molecular complexity index is 1180. The number of imidazole rings is 2. The predicted molar refractivity (Wildman–Crippen MR) is 126 cm³/mol. The summed E-state index contributed by atoms with van der Waals surface area (Å²) in [4.78, 5) is 27.7. The van der Waals surface area contributed by atoms with Gasteiger partial charge in [-0.2, -0.15) is 0 Å². The van der Waals surface area contributed by atoms with E-state index in [0.29, 0.717) is 0 Å². The van der Waals surface area contributed by atoms with Crippen molar-refractivity contribution in [1.29, 1.82) is 0 Å². The van der Waals surface area contributed by atoms with E-state index < -0.39 is 0 Å². The average molecular weight is 429 g/mol. The fourth-order valence-electron chi connectivity index (χ4n) is 4.44. The summed E-state index contributed by atoms with van der Waals surface area (Å²) in [6.07, 6.45) is 5.80. The molecule has 32 heavy (non-hydrogen) atoms. The van der Waals surface area contributed by atoms with Crippen molar-refractivity contribution in [2.45, 2.75) is 32.9 Å². The number of rotatable bonds is 6. The molecule has 5 rings (SSSR count). The Balaban J connectivity index is 1.21. The van der Waals surface area contributed by atoms with Gasteiger partial charge in [0.1, 0.15) is 11.6 Å². The summed E-state index contributed by atoms with van der Waals surface area (Å²) in [5, 5.41) is 3.10. The van der Waals surface area contributed by atoms with Gasteiger partial charge in [0.15, 0.2) is 0 Å². The molecule has 1 aliphatic heterocycles. The summed E-state index contributed by atoms with van der Waals surface area (Å²) < 4.78 is 2.16. The number of likely N-dealkylation sites (tertiary alicyclic amines) is 1. The van der Waals surface area contributed by atoms with Gasteiger partial charge >= 0.3 is 0 Å². The second-order valence-electron chi connectivity index (χ2n) is 8.37.